The molecule has 1 saturated heterocycles. The first kappa shape index (κ1) is 19.7. The number of piperazine rings is 1. The molecule has 0 saturated carbocycles. The molecule has 0 N–H and O–H groups in total. The van der Waals surface area contributed by atoms with E-state index in [1.54, 1.807) is 29.2 Å². The van der Waals surface area contributed by atoms with Gasteiger partial charge in [-0.25, -0.2) is 14.4 Å². The van der Waals surface area contributed by atoms with Gasteiger partial charge in [0.05, 0.1) is 23.2 Å². The van der Waals surface area contributed by atoms with E-state index in [-0.39, 0.29) is 11.7 Å². The molecule has 1 aliphatic heterocycles. The molecule has 3 aromatic heterocycles. The third-order valence-electron chi connectivity index (χ3n) is 5.47. The van der Waals surface area contributed by atoms with Crippen LogP contribution >= 0.6 is 11.6 Å². The van der Waals surface area contributed by atoms with Crippen molar-refractivity contribution in [3.63, 3.8) is 0 Å². The highest BCUT2D eigenvalue weighted by molar-refractivity contribution is 6.30. The number of imidazole rings is 2. The van der Waals surface area contributed by atoms with Gasteiger partial charge in [-0.2, -0.15) is 0 Å². The average molecular weight is 439 g/mol. The highest BCUT2D eigenvalue weighted by atomic mass is 35.5. The average Bonchev–Trinajstić information content (AvgIpc) is 3.41. The molecule has 5 rings (SSSR count). The lowest BCUT2D eigenvalue weighted by Crippen LogP contribution is -2.48. The number of carbonyl (C=O) groups is 1. The van der Waals surface area contributed by atoms with Crippen LogP contribution in [0.1, 0.15) is 16.2 Å². The standard InChI is InChI=1S/C22H20ClFN6O/c23-16-1-6-21-26-18(14-29(21)12-16)13-27-7-9-28(10-8-27)22(31)20-11-25-15-30(20)19-4-2-17(24)3-5-19/h1-6,11-12,14-15H,7-10,13H2. The summed E-state index contributed by atoms with van der Waals surface area (Å²) >= 11 is 6.05. The van der Waals surface area contributed by atoms with Crippen LogP contribution in [0.25, 0.3) is 11.3 Å². The van der Waals surface area contributed by atoms with Gasteiger partial charge in [-0.3, -0.25) is 14.3 Å². The number of hydrogen-bond acceptors (Lipinski definition) is 4. The third kappa shape index (κ3) is 4.04. The number of nitrogens with zero attached hydrogens (tertiary/aromatic N) is 6. The van der Waals surface area contributed by atoms with Crippen molar-refractivity contribution >= 4 is 23.2 Å². The Morgan fingerprint density at radius 2 is 1.81 bits per heavy atom. The van der Waals surface area contributed by atoms with E-state index in [0.29, 0.717) is 29.5 Å². The van der Waals surface area contributed by atoms with E-state index in [4.69, 9.17) is 11.6 Å². The minimum Gasteiger partial charge on any atom is -0.335 e. The second kappa shape index (κ2) is 8.13. The van der Waals surface area contributed by atoms with Crippen LogP contribution < -0.4 is 0 Å². The highest BCUT2D eigenvalue weighted by Gasteiger charge is 2.25. The summed E-state index contributed by atoms with van der Waals surface area (Å²) in [5, 5.41) is 0.670. The van der Waals surface area contributed by atoms with E-state index < -0.39 is 0 Å². The number of fused-ring (bicyclic) bond motifs is 1. The van der Waals surface area contributed by atoms with Gasteiger partial charge in [0.25, 0.3) is 5.91 Å². The first-order chi connectivity index (χ1) is 15.1. The number of halogens is 2. The van der Waals surface area contributed by atoms with Crippen LogP contribution in [0.15, 0.2) is 61.3 Å². The molecule has 0 atom stereocenters. The molecule has 4 heterocycles. The minimum atomic E-state index is -0.318. The zero-order valence-electron chi connectivity index (χ0n) is 16.7. The number of hydrogen-bond donors (Lipinski definition) is 0. The van der Waals surface area contributed by atoms with Crippen molar-refractivity contribution in [3.8, 4) is 5.69 Å². The van der Waals surface area contributed by atoms with Gasteiger partial charge in [0.15, 0.2) is 0 Å². The van der Waals surface area contributed by atoms with E-state index in [0.717, 1.165) is 31.0 Å². The molecular weight excluding hydrogens is 419 g/mol. The Bertz CT molecular complexity index is 1230. The zero-order valence-corrected chi connectivity index (χ0v) is 17.4. The molecule has 0 spiro atoms. The SMILES string of the molecule is O=C(c1cncn1-c1ccc(F)cc1)N1CCN(Cc2cn3cc(Cl)ccc3n2)CC1. The lowest BCUT2D eigenvalue weighted by atomic mass is 10.2. The molecule has 0 aliphatic carbocycles. The topological polar surface area (TPSA) is 58.7 Å². The number of carbonyl (C=O) groups excluding carboxylic acids is 1. The quantitative estimate of drug-likeness (QED) is 0.490. The van der Waals surface area contributed by atoms with Crippen LogP contribution in [0, 0.1) is 5.82 Å². The summed E-state index contributed by atoms with van der Waals surface area (Å²) in [6, 6.07) is 9.73. The molecule has 0 radical (unpaired) electrons. The van der Waals surface area contributed by atoms with E-state index in [9.17, 15) is 9.18 Å². The Balaban J connectivity index is 1.24. The summed E-state index contributed by atoms with van der Waals surface area (Å²) in [6.45, 7) is 3.46. The third-order valence-corrected chi connectivity index (χ3v) is 5.70. The molecule has 9 heteroatoms. The first-order valence-corrected chi connectivity index (χ1v) is 10.4. The molecule has 1 aliphatic rings. The fourth-order valence-electron chi connectivity index (χ4n) is 3.85. The lowest BCUT2D eigenvalue weighted by Gasteiger charge is -2.34. The fourth-order valence-corrected chi connectivity index (χ4v) is 4.02. The van der Waals surface area contributed by atoms with Crippen molar-refractivity contribution in [2.24, 2.45) is 0 Å². The molecule has 4 aromatic rings. The van der Waals surface area contributed by atoms with Crippen LogP contribution in [-0.4, -0.2) is 60.8 Å². The van der Waals surface area contributed by atoms with Crippen LogP contribution in [0.5, 0.6) is 0 Å². The van der Waals surface area contributed by atoms with Crippen molar-refractivity contribution in [3.05, 3.63) is 83.5 Å². The smallest absolute Gasteiger partial charge is 0.272 e. The Hall–Kier alpha value is -3.23. The monoisotopic (exact) mass is 438 g/mol. The summed E-state index contributed by atoms with van der Waals surface area (Å²) in [4.78, 5) is 26.0. The normalized spacial score (nSPS) is 15.0. The maximum atomic E-state index is 13.2. The molecule has 1 aromatic carbocycles. The van der Waals surface area contributed by atoms with Gasteiger partial charge in [0, 0.05) is 50.8 Å². The Morgan fingerprint density at radius 3 is 2.58 bits per heavy atom. The summed E-state index contributed by atoms with van der Waals surface area (Å²) in [7, 11) is 0. The van der Waals surface area contributed by atoms with Crippen molar-refractivity contribution < 1.29 is 9.18 Å². The van der Waals surface area contributed by atoms with Crippen LogP contribution in [0.2, 0.25) is 5.02 Å². The minimum absolute atomic E-state index is 0.0798. The van der Waals surface area contributed by atoms with Gasteiger partial charge in [-0.05, 0) is 36.4 Å². The van der Waals surface area contributed by atoms with Gasteiger partial charge in [0.1, 0.15) is 17.2 Å². The van der Waals surface area contributed by atoms with E-state index in [1.807, 2.05) is 33.8 Å². The molecule has 1 amide bonds. The number of amides is 1. The van der Waals surface area contributed by atoms with E-state index in [1.165, 1.54) is 12.1 Å². The second-order valence-electron chi connectivity index (χ2n) is 7.54. The molecule has 0 unspecified atom stereocenters. The second-order valence-corrected chi connectivity index (χ2v) is 7.98. The maximum Gasteiger partial charge on any atom is 0.272 e. The Labute approximate surface area is 183 Å². The zero-order chi connectivity index (χ0) is 21.4. The van der Waals surface area contributed by atoms with Gasteiger partial charge < -0.3 is 9.30 Å². The summed E-state index contributed by atoms with van der Waals surface area (Å²) in [5.41, 5.74) is 3.00. The van der Waals surface area contributed by atoms with Crippen molar-refractivity contribution in [2.75, 3.05) is 26.2 Å². The number of rotatable bonds is 4. The Morgan fingerprint density at radius 1 is 1.03 bits per heavy atom. The van der Waals surface area contributed by atoms with Crippen molar-refractivity contribution in [1.82, 2.24) is 28.7 Å². The lowest BCUT2D eigenvalue weighted by molar-refractivity contribution is 0.0619. The molecule has 31 heavy (non-hydrogen) atoms. The summed E-state index contributed by atoms with van der Waals surface area (Å²) < 4.78 is 16.8. The van der Waals surface area contributed by atoms with Gasteiger partial charge in [-0.15, -0.1) is 0 Å². The molecule has 0 bridgehead atoms. The molecule has 158 valence electrons. The number of benzene rings is 1. The maximum absolute atomic E-state index is 13.2. The summed E-state index contributed by atoms with van der Waals surface area (Å²) in [6.07, 6.45) is 6.96. The summed E-state index contributed by atoms with van der Waals surface area (Å²) in [5.74, 6) is -0.398. The highest BCUT2D eigenvalue weighted by Crippen LogP contribution is 2.17. The number of aromatic nitrogens is 4. The largest absolute Gasteiger partial charge is 0.335 e. The van der Waals surface area contributed by atoms with Gasteiger partial charge in [-0.1, -0.05) is 11.6 Å². The first-order valence-electron chi connectivity index (χ1n) is 10.00. The number of pyridine rings is 1. The molecule has 7 nitrogen and oxygen atoms in total. The van der Waals surface area contributed by atoms with Crippen LogP contribution in [0.3, 0.4) is 0 Å². The molecular formula is C22H20ClFN6O. The molecule has 1 fully saturated rings. The van der Waals surface area contributed by atoms with Crippen molar-refractivity contribution in [2.45, 2.75) is 6.54 Å². The van der Waals surface area contributed by atoms with Crippen LogP contribution in [-0.2, 0) is 6.54 Å². The predicted molar refractivity (Wildman–Crippen MR) is 115 cm³/mol. The van der Waals surface area contributed by atoms with Gasteiger partial charge >= 0.3 is 0 Å². The van der Waals surface area contributed by atoms with Crippen LogP contribution in [0.4, 0.5) is 4.39 Å². The Kier molecular flexibility index (Phi) is 5.17. The van der Waals surface area contributed by atoms with E-state index >= 15 is 0 Å². The fraction of sp³-hybridized carbons (Fsp3) is 0.227. The predicted octanol–water partition coefficient (Wildman–Crippen LogP) is 3.27. The van der Waals surface area contributed by atoms with Crippen molar-refractivity contribution in [1.29, 1.82) is 0 Å². The van der Waals surface area contributed by atoms with E-state index in [2.05, 4.69) is 14.9 Å². The van der Waals surface area contributed by atoms with Gasteiger partial charge in [0.2, 0.25) is 0 Å².